The Bertz CT molecular complexity index is 993. The minimum absolute atomic E-state index is 0.221. The van der Waals surface area contributed by atoms with Crippen LogP contribution in [0.25, 0.3) is 22.4 Å². The number of carbonyl (C=O) groups is 1. The van der Waals surface area contributed by atoms with Crippen LogP contribution in [0, 0.1) is 17.7 Å². The highest BCUT2D eigenvalue weighted by atomic mass is 19.1. The van der Waals surface area contributed by atoms with Crippen LogP contribution in [0.3, 0.4) is 0 Å². The van der Waals surface area contributed by atoms with E-state index >= 15 is 0 Å². The second kappa shape index (κ2) is 9.88. The van der Waals surface area contributed by atoms with Gasteiger partial charge in [0.15, 0.2) is 0 Å². The van der Waals surface area contributed by atoms with Crippen molar-refractivity contribution in [1.29, 1.82) is 0 Å². The van der Waals surface area contributed by atoms with Gasteiger partial charge in [0.25, 0.3) is 0 Å². The third kappa shape index (κ3) is 5.58. The highest BCUT2D eigenvalue weighted by molar-refractivity contribution is 5.80. The number of carboxylic acids is 1. The van der Waals surface area contributed by atoms with Crippen LogP contribution in [0.4, 0.5) is 4.39 Å². The summed E-state index contributed by atoms with van der Waals surface area (Å²) in [7, 11) is 0. The van der Waals surface area contributed by atoms with Crippen LogP contribution in [0.1, 0.15) is 25.7 Å². The first-order valence-corrected chi connectivity index (χ1v) is 10.8. The van der Waals surface area contributed by atoms with Crippen molar-refractivity contribution in [2.24, 2.45) is 11.8 Å². The maximum Gasteiger partial charge on any atom is 0.329 e. The highest BCUT2D eigenvalue weighted by Gasteiger charge is 2.23. The zero-order valence-corrected chi connectivity index (χ0v) is 17.4. The van der Waals surface area contributed by atoms with E-state index in [0.29, 0.717) is 18.4 Å². The van der Waals surface area contributed by atoms with Gasteiger partial charge in [-0.3, -0.25) is 4.68 Å². The van der Waals surface area contributed by atoms with E-state index in [1.54, 1.807) is 12.1 Å². The third-order valence-corrected chi connectivity index (χ3v) is 5.95. The molecule has 0 unspecified atom stereocenters. The molecule has 31 heavy (non-hydrogen) atoms. The molecule has 0 amide bonds. The van der Waals surface area contributed by atoms with E-state index in [9.17, 15) is 9.18 Å². The number of nitrogens with zero attached hydrogens (tertiary/aromatic N) is 2. The summed E-state index contributed by atoms with van der Waals surface area (Å²) in [6.07, 6.45) is 6.31. The number of aromatic nitrogens is 2. The molecule has 0 bridgehead atoms. The molecule has 2 aromatic carbocycles. The summed E-state index contributed by atoms with van der Waals surface area (Å²) in [5.74, 6) is -0.205. The lowest BCUT2D eigenvalue weighted by atomic mass is 9.82. The summed E-state index contributed by atoms with van der Waals surface area (Å²) in [5, 5.41) is 13.6. The Kier molecular flexibility index (Phi) is 6.77. The quantitative estimate of drug-likeness (QED) is 0.538. The van der Waals surface area contributed by atoms with Gasteiger partial charge in [-0.05, 0) is 55.2 Å². The van der Waals surface area contributed by atoms with Crippen LogP contribution in [-0.2, 0) is 16.1 Å². The molecule has 5 nitrogen and oxygen atoms in total. The minimum atomic E-state index is -0.918. The molecule has 4 rings (SSSR count). The number of ether oxygens (including phenoxy) is 1. The van der Waals surface area contributed by atoms with Crippen LogP contribution in [0.5, 0.6) is 0 Å². The minimum Gasteiger partial charge on any atom is -0.480 e. The Morgan fingerprint density at radius 1 is 1.00 bits per heavy atom. The van der Waals surface area contributed by atoms with Crippen molar-refractivity contribution in [3.8, 4) is 22.4 Å². The van der Waals surface area contributed by atoms with Gasteiger partial charge in [0.05, 0.1) is 6.61 Å². The van der Waals surface area contributed by atoms with Gasteiger partial charge in [-0.1, -0.05) is 42.5 Å². The van der Waals surface area contributed by atoms with Crippen molar-refractivity contribution < 1.29 is 19.0 Å². The highest BCUT2D eigenvalue weighted by Crippen LogP contribution is 2.33. The fourth-order valence-corrected chi connectivity index (χ4v) is 4.32. The molecule has 1 N–H and O–H groups in total. The topological polar surface area (TPSA) is 64.3 Å². The molecule has 1 aliphatic rings. The summed E-state index contributed by atoms with van der Waals surface area (Å²) in [5.41, 5.74) is 3.90. The molecule has 1 heterocycles. The summed E-state index contributed by atoms with van der Waals surface area (Å²) in [6, 6.07) is 16.6. The number of rotatable bonds is 8. The first kappa shape index (κ1) is 21.2. The maximum atomic E-state index is 13.4. The van der Waals surface area contributed by atoms with E-state index < -0.39 is 5.97 Å². The first-order chi connectivity index (χ1) is 15.1. The van der Waals surface area contributed by atoms with Gasteiger partial charge in [-0.2, -0.15) is 5.10 Å². The van der Waals surface area contributed by atoms with Crippen molar-refractivity contribution in [2.45, 2.75) is 32.2 Å². The molecular formula is C25H27FN2O3. The monoisotopic (exact) mass is 422 g/mol. The summed E-state index contributed by atoms with van der Waals surface area (Å²) in [4.78, 5) is 10.6. The molecular weight excluding hydrogens is 395 g/mol. The van der Waals surface area contributed by atoms with Gasteiger partial charge >= 0.3 is 5.97 Å². The number of hydrogen-bond acceptors (Lipinski definition) is 3. The molecule has 0 saturated heterocycles. The van der Waals surface area contributed by atoms with Gasteiger partial charge < -0.3 is 9.84 Å². The molecule has 1 fully saturated rings. The fraction of sp³-hybridized carbons (Fsp3) is 0.360. The molecule has 0 atom stereocenters. The average molecular weight is 423 g/mol. The van der Waals surface area contributed by atoms with Gasteiger partial charge in [0, 0.05) is 23.9 Å². The van der Waals surface area contributed by atoms with E-state index in [-0.39, 0.29) is 12.4 Å². The molecule has 1 aromatic heterocycles. The van der Waals surface area contributed by atoms with Crippen LogP contribution in [0.2, 0.25) is 0 Å². The normalized spacial score (nSPS) is 18.7. The summed E-state index contributed by atoms with van der Waals surface area (Å²) in [6.45, 7) is 1.14. The van der Waals surface area contributed by atoms with Gasteiger partial charge in [0.2, 0.25) is 0 Å². The number of carboxylic acid groups (broad SMARTS) is 1. The lowest BCUT2D eigenvalue weighted by molar-refractivity contribution is -0.142. The Balaban J connectivity index is 1.46. The maximum absolute atomic E-state index is 13.4. The first-order valence-electron chi connectivity index (χ1n) is 10.8. The number of benzene rings is 2. The predicted octanol–water partition coefficient (Wildman–Crippen LogP) is 5.26. The van der Waals surface area contributed by atoms with Crippen LogP contribution < -0.4 is 0 Å². The predicted molar refractivity (Wildman–Crippen MR) is 117 cm³/mol. The SMILES string of the molecule is O=C(O)COCC1CCC(Cn2cc(-c3ccc(F)cc3)c(-c3ccccc3)n2)CC1. The van der Waals surface area contributed by atoms with Gasteiger partial charge in [-0.15, -0.1) is 0 Å². The molecule has 1 saturated carbocycles. The molecule has 162 valence electrons. The van der Waals surface area contributed by atoms with Crippen molar-refractivity contribution in [3.63, 3.8) is 0 Å². The Labute approximate surface area is 181 Å². The molecule has 0 aliphatic heterocycles. The summed E-state index contributed by atoms with van der Waals surface area (Å²) < 4.78 is 20.7. The van der Waals surface area contributed by atoms with E-state index in [2.05, 4.69) is 6.20 Å². The lowest BCUT2D eigenvalue weighted by Gasteiger charge is -2.28. The molecule has 1 aliphatic carbocycles. The molecule has 0 radical (unpaired) electrons. The number of aliphatic carboxylic acids is 1. The molecule has 6 heteroatoms. The second-order valence-electron chi connectivity index (χ2n) is 8.28. The average Bonchev–Trinajstić information content (AvgIpc) is 3.19. The largest absolute Gasteiger partial charge is 0.480 e. The standard InChI is InChI=1S/C25H27FN2O3/c26-22-12-10-20(11-13-22)23-15-28(27-25(23)21-4-2-1-3-5-21)14-18-6-8-19(9-7-18)16-31-17-24(29)30/h1-5,10-13,15,18-19H,6-9,14,16-17H2,(H,29,30). The third-order valence-electron chi connectivity index (χ3n) is 5.95. The van der Waals surface area contributed by atoms with Crippen LogP contribution in [0.15, 0.2) is 60.8 Å². The second-order valence-corrected chi connectivity index (χ2v) is 8.28. The van der Waals surface area contributed by atoms with Crippen molar-refractivity contribution >= 4 is 5.97 Å². The van der Waals surface area contributed by atoms with Crippen molar-refractivity contribution in [2.75, 3.05) is 13.2 Å². The van der Waals surface area contributed by atoms with Crippen LogP contribution >= 0.6 is 0 Å². The van der Waals surface area contributed by atoms with Gasteiger partial charge in [-0.25, -0.2) is 9.18 Å². The fourth-order valence-electron chi connectivity index (χ4n) is 4.32. The zero-order chi connectivity index (χ0) is 21.6. The Morgan fingerprint density at radius 3 is 2.35 bits per heavy atom. The smallest absolute Gasteiger partial charge is 0.329 e. The zero-order valence-electron chi connectivity index (χ0n) is 17.4. The molecule has 3 aromatic rings. The van der Waals surface area contributed by atoms with E-state index in [4.69, 9.17) is 14.9 Å². The Hall–Kier alpha value is -2.99. The van der Waals surface area contributed by atoms with Gasteiger partial charge in [0.1, 0.15) is 18.1 Å². The lowest BCUT2D eigenvalue weighted by Crippen LogP contribution is -2.23. The van der Waals surface area contributed by atoms with Crippen molar-refractivity contribution in [1.82, 2.24) is 9.78 Å². The van der Waals surface area contributed by atoms with E-state index in [0.717, 1.165) is 54.6 Å². The van der Waals surface area contributed by atoms with Crippen molar-refractivity contribution in [3.05, 3.63) is 66.6 Å². The van der Waals surface area contributed by atoms with E-state index in [1.165, 1.54) is 12.1 Å². The van der Waals surface area contributed by atoms with Crippen LogP contribution in [-0.4, -0.2) is 34.1 Å². The van der Waals surface area contributed by atoms with E-state index in [1.807, 2.05) is 35.0 Å². The number of hydrogen-bond donors (Lipinski definition) is 1. The number of halogens is 1. The summed E-state index contributed by atoms with van der Waals surface area (Å²) >= 11 is 0. The molecule has 0 spiro atoms. The Morgan fingerprint density at radius 2 is 1.68 bits per heavy atom.